The van der Waals surface area contributed by atoms with Crippen molar-refractivity contribution in [1.82, 2.24) is 5.32 Å². The average Bonchev–Trinajstić information content (AvgIpc) is 3.28. The van der Waals surface area contributed by atoms with Crippen molar-refractivity contribution in [3.05, 3.63) is 36.5 Å². The van der Waals surface area contributed by atoms with E-state index in [2.05, 4.69) is 62.5 Å². The minimum atomic E-state index is -0.791. The summed E-state index contributed by atoms with van der Waals surface area (Å²) < 4.78 is 5.94. The lowest BCUT2D eigenvalue weighted by Gasteiger charge is -2.24. The summed E-state index contributed by atoms with van der Waals surface area (Å²) >= 11 is 0. The van der Waals surface area contributed by atoms with Crippen molar-refractivity contribution in [3.63, 3.8) is 0 Å². The summed E-state index contributed by atoms with van der Waals surface area (Å²) in [5.74, 6) is -0.480. The fourth-order valence-corrected chi connectivity index (χ4v) is 8.61. The van der Waals surface area contributed by atoms with Crippen molar-refractivity contribution < 1.29 is 24.5 Å². The summed E-state index contributed by atoms with van der Waals surface area (Å²) in [4.78, 5) is 26.2. The van der Waals surface area contributed by atoms with Crippen LogP contribution in [0, 0.1) is 0 Å². The molecule has 6 heteroatoms. The first kappa shape index (κ1) is 61.1. The Morgan fingerprint density at radius 1 is 0.476 bits per heavy atom. The SMILES string of the molecule is CC/C=C/C=C/C=C/CCCCCCCC(CC(=O)NC(CO)C(O)CCCCCCCCCCCCCCCC)OC(=O)CCCCCCCCCCCCCCCCCCC. The summed E-state index contributed by atoms with van der Waals surface area (Å²) in [5, 5.41) is 23.8. The van der Waals surface area contributed by atoms with Crippen LogP contribution in [0.25, 0.3) is 0 Å². The van der Waals surface area contributed by atoms with Gasteiger partial charge in [0, 0.05) is 6.42 Å². The molecule has 0 saturated carbocycles. The molecule has 0 aromatic rings. The van der Waals surface area contributed by atoms with E-state index in [-0.39, 0.29) is 24.9 Å². The number of esters is 1. The molecule has 0 aliphatic rings. The van der Waals surface area contributed by atoms with Crippen LogP contribution < -0.4 is 5.32 Å². The van der Waals surface area contributed by atoms with Crippen LogP contribution in [0.2, 0.25) is 0 Å². The quantitative estimate of drug-likeness (QED) is 0.0321. The molecule has 0 rings (SSSR count). The minimum absolute atomic E-state index is 0.0681. The van der Waals surface area contributed by atoms with Crippen LogP contribution >= 0.6 is 0 Å². The number of allylic oxidation sites excluding steroid dienone is 6. The number of hydrogen-bond donors (Lipinski definition) is 3. The molecule has 0 spiro atoms. The number of rotatable bonds is 50. The van der Waals surface area contributed by atoms with E-state index in [1.807, 2.05) is 0 Å². The first-order valence-corrected chi connectivity index (χ1v) is 27.7. The van der Waals surface area contributed by atoms with Gasteiger partial charge in [0.05, 0.1) is 25.2 Å². The van der Waals surface area contributed by atoms with Crippen LogP contribution in [0.3, 0.4) is 0 Å². The highest BCUT2D eigenvalue weighted by Crippen LogP contribution is 2.19. The summed E-state index contributed by atoms with van der Waals surface area (Å²) in [6.07, 6.45) is 60.7. The number of carbonyl (C=O) groups excluding carboxylic acids is 2. The zero-order valence-corrected chi connectivity index (χ0v) is 42.2. The molecule has 370 valence electrons. The highest BCUT2D eigenvalue weighted by molar-refractivity contribution is 5.77. The molecule has 0 aromatic heterocycles. The molecular weight excluding hydrogens is 779 g/mol. The smallest absolute Gasteiger partial charge is 0.306 e. The standard InChI is InChI=1S/C57H107NO5/c1-4-7-10-13-16-19-22-25-27-28-29-32-35-38-41-44-47-50-57(62)63-53(48-45-42-39-36-33-30-24-21-18-15-12-9-6-3)51-56(61)58-54(52-59)55(60)49-46-43-40-37-34-31-26-23-20-17-14-11-8-5-2/h9,12,15,18,21,24,53-55,59-60H,4-8,10-11,13-14,16-17,19-20,22-23,25-52H2,1-3H3,(H,58,61)/b12-9+,18-15+,24-21+. The van der Waals surface area contributed by atoms with Crippen molar-refractivity contribution >= 4 is 11.9 Å². The van der Waals surface area contributed by atoms with Crippen molar-refractivity contribution in [2.75, 3.05) is 6.61 Å². The van der Waals surface area contributed by atoms with Crippen LogP contribution in [0.5, 0.6) is 0 Å². The number of unbranched alkanes of at least 4 members (excludes halogenated alkanes) is 34. The lowest BCUT2D eigenvalue weighted by Crippen LogP contribution is -2.46. The summed E-state index contributed by atoms with van der Waals surface area (Å²) in [7, 11) is 0. The van der Waals surface area contributed by atoms with Gasteiger partial charge in [0.15, 0.2) is 0 Å². The number of carbonyl (C=O) groups is 2. The normalized spacial score (nSPS) is 13.4. The van der Waals surface area contributed by atoms with Crippen molar-refractivity contribution in [1.29, 1.82) is 0 Å². The molecule has 3 atom stereocenters. The van der Waals surface area contributed by atoms with Crippen LogP contribution in [0.15, 0.2) is 36.5 Å². The van der Waals surface area contributed by atoms with Gasteiger partial charge in [-0.05, 0) is 44.9 Å². The second kappa shape index (κ2) is 51.1. The van der Waals surface area contributed by atoms with Crippen LogP contribution in [-0.4, -0.2) is 46.9 Å². The van der Waals surface area contributed by atoms with E-state index in [0.717, 1.165) is 83.5 Å². The average molecular weight is 886 g/mol. The maximum absolute atomic E-state index is 13.2. The molecule has 0 radical (unpaired) electrons. The van der Waals surface area contributed by atoms with E-state index in [1.165, 1.54) is 161 Å². The topological polar surface area (TPSA) is 95.9 Å². The predicted molar refractivity (Wildman–Crippen MR) is 273 cm³/mol. The minimum Gasteiger partial charge on any atom is -0.462 e. The molecule has 1 amide bonds. The van der Waals surface area contributed by atoms with Gasteiger partial charge in [0.25, 0.3) is 0 Å². The lowest BCUT2D eigenvalue weighted by molar-refractivity contribution is -0.151. The first-order valence-electron chi connectivity index (χ1n) is 27.7. The van der Waals surface area contributed by atoms with E-state index in [1.54, 1.807) is 0 Å². The molecule has 0 fully saturated rings. The number of hydrogen-bond acceptors (Lipinski definition) is 5. The van der Waals surface area contributed by atoms with E-state index in [9.17, 15) is 19.8 Å². The monoisotopic (exact) mass is 886 g/mol. The summed E-state index contributed by atoms with van der Waals surface area (Å²) in [6, 6.07) is -0.705. The van der Waals surface area contributed by atoms with Crippen LogP contribution in [0.1, 0.15) is 290 Å². The molecule has 0 aromatic carbocycles. The van der Waals surface area contributed by atoms with Gasteiger partial charge < -0.3 is 20.3 Å². The number of aliphatic hydroxyl groups excluding tert-OH is 2. The molecule has 0 saturated heterocycles. The molecule has 0 aliphatic carbocycles. The highest BCUT2D eigenvalue weighted by atomic mass is 16.5. The van der Waals surface area contributed by atoms with Gasteiger partial charge in [-0.3, -0.25) is 9.59 Å². The Kier molecular flexibility index (Phi) is 49.5. The largest absolute Gasteiger partial charge is 0.462 e. The van der Waals surface area contributed by atoms with Crippen molar-refractivity contribution in [2.45, 2.75) is 309 Å². The number of nitrogens with one attached hydrogen (secondary N) is 1. The van der Waals surface area contributed by atoms with Crippen molar-refractivity contribution in [2.24, 2.45) is 0 Å². The Bertz CT molecular complexity index is 1040. The number of aliphatic hydroxyl groups is 2. The molecule has 3 N–H and O–H groups in total. The molecule has 0 bridgehead atoms. The third-order valence-electron chi connectivity index (χ3n) is 12.8. The fraction of sp³-hybridized carbons (Fsp3) is 0.860. The van der Waals surface area contributed by atoms with E-state index < -0.39 is 18.2 Å². The second-order valence-corrected chi connectivity index (χ2v) is 19.0. The zero-order chi connectivity index (χ0) is 45.9. The van der Waals surface area contributed by atoms with Crippen LogP contribution in [0.4, 0.5) is 0 Å². The van der Waals surface area contributed by atoms with E-state index in [0.29, 0.717) is 19.3 Å². The summed E-state index contributed by atoms with van der Waals surface area (Å²) in [5.41, 5.74) is 0. The Morgan fingerprint density at radius 2 is 0.857 bits per heavy atom. The maximum atomic E-state index is 13.2. The molecular formula is C57H107NO5. The molecule has 63 heavy (non-hydrogen) atoms. The van der Waals surface area contributed by atoms with E-state index >= 15 is 0 Å². The van der Waals surface area contributed by atoms with Gasteiger partial charge in [-0.1, -0.05) is 269 Å². The van der Waals surface area contributed by atoms with Gasteiger partial charge in [0.1, 0.15) is 6.10 Å². The van der Waals surface area contributed by atoms with Gasteiger partial charge in [0.2, 0.25) is 5.91 Å². The van der Waals surface area contributed by atoms with Crippen molar-refractivity contribution in [3.8, 4) is 0 Å². The van der Waals surface area contributed by atoms with Gasteiger partial charge >= 0.3 is 5.97 Å². The molecule has 6 nitrogen and oxygen atoms in total. The maximum Gasteiger partial charge on any atom is 0.306 e. The predicted octanol–water partition coefficient (Wildman–Crippen LogP) is 16.8. The zero-order valence-electron chi connectivity index (χ0n) is 42.2. The highest BCUT2D eigenvalue weighted by Gasteiger charge is 2.24. The number of amides is 1. The third-order valence-corrected chi connectivity index (χ3v) is 12.8. The second-order valence-electron chi connectivity index (χ2n) is 19.0. The molecule has 3 unspecified atom stereocenters. The van der Waals surface area contributed by atoms with E-state index in [4.69, 9.17) is 4.74 Å². The van der Waals surface area contributed by atoms with Gasteiger partial charge in [-0.15, -0.1) is 0 Å². The summed E-state index contributed by atoms with van der Waals surface area (Å²) in [6.45, 7) is 6.38. The Hall–Kier alpha value is -1.92. The Morgan fingerprint density at radius 3 is 1.29 bits per heavy atom. The fourth-order valence-electron chi connectivity index (χ4n) is 8.61. The lowest BCUT2D eigenvalue weighted by atomic mass is 10.0. The number of ether oxygens (including phenoxy) is 1. The Labute approximate surface area is 392 Å². The van der Waals surface area contributed by atoms with Gasteiger partial charge in [-0.2, -0.15) is 0 Å². The first-order chi connectivity index (χ1) is 31.0. The molecule has 0 aliphatic heterocycles. The third kappa shape index (κ3) is 46.4. The van der Waals surface area contributed by atoms with Gasteiger partial charge in [-0.25, -0.2) is 0 Å². The van der Waals surface area contributed by atoms with Crippen LogP contribution in [-0.2, 0) is 14.3 Å². The Balaban J connectivity index is 4.52. The molecule has 0 heterocycles.